The SMILES string of the molecule is N#C/C=C1\O[C@@H]2[C@H](OCc3ccccc3)[C@@H](OCc3ccccc3)[C@H](OCc3ccccc3)[C@@H](OCc3ccccc3)[C@@H]2S1. The Morgan fingerprint density at radius 3 is 1.32 bits per heavy atom. The highest BCUT2D eigenvalue weighted by atomic mass is 32.2. The maximum Gasteiger partial charge on any atom is 0.164 e. The molecular weight excluding hydrogens is 570 g/mol. The Hall–Kier alpha value is -3.90. The Kier molecular flexibility index (Phi) is 10.4. The van der Waals surface area contributed by atoms with Crippen LogP contribution in [-0.4, -0.2) is 35.8 Å². The first kappa shape index (κ1) is 30.1. The number of fused-ring (bicyclic) bond motifs is 1. The van der Waals surface area contributed by atoms with E-state index in [1.54, 1.807) is 0 Å². The molecule has 1 aliphatic carbocycles. The summed E-state index contributed by atoms with van der Waals surface area (Å²) in [7, 11) is 0. The molecular formula is C37H35NO5S. The van der Waals surface area contributed by atoms with Gasteiger partial charge in [0.1, 0.15) is 30.5 Å². The first-order valence-corrected chi connectivity index (χ1v) is 15.7. The van der Waals surface area contributed by atoms with Gasteiger partial charge in [-0.2, -0.15) is 5.26 Å². The van der Waals surface area contributed by atoms with Gasteiger partial charge in [-0.3, -0.25) is 0 Å². The van der Waals surface area contributed by atoms with Crippen LogP contribution in [0.2, 0.25) is 0 Å². The number of hydrogen-bond acceptors (Lipinski definition) is 7. The Labute approximate surface area is 263 Å². The molecule has 1 saturated carbocycles. The van der Waals surface area contributed by atoms with Crippen molar-refractivity contribution in [2.24, 2.45) is 0 Å². The van der Waals surface area contributed by atoms with Crippen LogP contribution in [0.5, 0.6) is 0 Å². The zero-order chi connectivity index (χ0) is 30.0. The zero-order valence-electron chi connectivity index (χ0n) is 24.3. The number of allylic oxidation sites excluding steroid dienone is 1. The highest BCUT2D eigenvalue weighted by Crippen LogP contribution is 2.47. The van der Waals surface area contributed by atoms with Crippen molar-refractivity contribution in [1.29, 1.82) is 5.26 Å². The molecule has 0 spiro atoms. The summed E-state index contributed by atoms with van der Waals surface area (Å²) in [4.78, 5) is 0. The van der Waals surface area contributed by atoms with Gasteiger partial charge in [-0.05, 0) is 22.3 Å². The Bertz CT molecular complexity index is 1410. The van der Waals surface area contributed by atoms with Crippen LogP contribution in [-0.2, 0) is 50.1 Å². The molecule has 4 aromatic rings. The van der Waals surface area contributed by atoms with Crippen LogP contribution >= 0.6 is 11.8 Å². The van der Waals surface area contributed by atoms with E-state index in [9.17, 15) is 5.26 Å². The van der Waals surface area contributed by atoms with Crippen LogP contribution in [0.15, 0.2) is 132 Å². The number of rotatable bonds is 12. The van der Waals surface area contributed by atoms with Gasteiger partial charge in [0.05, 0.1) is 43.8 Å². The first-order chi connectivity index (χ1) is 21.8. The standard InChI is InChI=1S/C37H35NO5S/c38-22-21-31-43-36-34(41-25-29-17-9-3-10-18-29)32(39-23-27-13-5-1-6-14-27)33(40-24-28-15-7-2-8-16-28)35(37(36)44-31)42-26-30-19-11-4-12-20-30/h1-21,32-37H,23-26H2/b31-21+/t32-,33-,34+,35+,36+,37-/m0/s1. The van der Waals surface area contributed by atoms with Crippen molar-refractivity contribution in [3.8, 4) is 6.07 Å². The van der Waals surface area contributed by atoms with Crippen molar-refractivity contribution < 1.29 is 23.7 Å². The van der Waals surface area contributed by atoms with Crippen molar-refractivity contribution in [2.45, 2.75) is 62.2 Å². The fraction of sp³-hybridized carbons (Fsp3) is 0.270. The van der Waals surface area contributed by atoms with E-state index in [4.69, 9.17) is 23.7 Å². The second-order valence-electron chi connectivity index (χ2n) is 10.8. The van der Waals surface area contributed by atoms with Crippen molar-refractivity contribution in [3.63, 3.8) is 0 Å². The third-order valence-corrected chi connectivity index (χ3v) is 9.03. The summed E-state index contributed by atoms with van der Waals surface area (Å²) in [6.07, 6.45) is -0.866. The fourth-order valence-corrected chi connectivity index (χ4v) is 6.90. The number of ether oxygens (including phenoxy) is 5. The first-order valence-electron chi connectivity index (χ1n) is 14.8. The van der Waals surface area contributed by atoms with Crippen LogP contribution in [0.3, 0.4) is 0 Å². The van der Waals surface area contributed by atoms with Crippen molar-refractivity contribution >= 4 is 11.8 Å². The number of nitriles is 1. The van der Waals surface area contributed by atoms with Gasteiger partial charge < -0.3 is 23.7 Å². The van der Waals surface area contributed by atoms with Crippen molar-refractivity contribution in [2.75, 3.05) is 0 Å². The maximum absolute atomic E-state index is 9.49. The quantitative estimate of drug-likeness (QED) is 0.158. The van der Waals surface area contributed by atoms with Crippen molar-refractivity contribution in [1.82, 2.24) is 0 Å². The molecule has 4 aromatic carbocycles. The molecule has 2 aliphatic rings. The summed E-state index contributed by atoms with van der Waals surface area (Å²) in [6.45, 7) is 1.54. The summed E-state index contributed by atoms with van der Waals surface area (Å²) in [5, 5.41) is 9.86. The molecule has 6 rings (SSSR count). The van der Waals surface area contributed by atoms with Crippen molar-refractivity contribution in [3.05, 3.63) is 155 Å². The van der Waals surface area contributed by atoms with E-state index >= 15 is 0 Å². The molecule has 0 N–H and O–H groups in total. The van der Waals surface area contributed by atoms with Gasteiger partial charge in [-0.15, -0.1) is 0 Å². The second-order valence-corrected chi connectivity index (χ2v) is 12.0. The van der Waals surface area contributed by atoms with Gasteiger partial charge in [0.2, 0.25) is 0 Å². The predicted molar refractivity (Wildman–Crippen MR) is 170 cm³/mol. The highest BCUT2D eigenvalue weighted by Gasteiger charge is 2.58. The number of nitrogens with zero attached hydrogens (tertiary/aromatic N) is 1. The molecule has 1 aliphatic heterocycles. The normalized spacial score (nSPS) is 25.2. The third kappa shape index (κ3) is 7.59. The molecule has 1 saturated heterocycles. The minimum Gasteiger partial charge on any atom is -0.479 e. The molecule has 224 valence electrons. The monoisotopic (exact) mass is 605 g/mol. The Morgan fingerprint density at radius 1 is 0.545 bits per heavy atom. The van der Waals surface area contributed by atoms with E-state index in [1.807, 2.05) is 97.1 Å². The summed E-state index contributed by atoms with van der Waals surface area (Å²) in [5.74, 6) is 0. The Balaban J connectivity index is 1.35. The van der Waals surface area contributed by atoms with E-state index in [0.717, 1.165) is 22.3 Å². The average Bonchev–Trinajstić information content (AvgIpc) is 3.50. The molecule has 7 heteroatoms. The van der Waals surface area contributed by atoms with Gasteiger partial charge in [-0.25, -0.2) is 0 Å². The smallest absolute Gasteiger partial charge is 0.164 e. The minimum atomic E-state index is -0.522. The summed E-state index contributed by atoms with van der Waals surface area (Å²) < 4.78 is 33.4. The number of thioether (sulfide) groups is 1. The number of benzene rings is 4. The molecule has 1 heterocycles. The molecule has 0 unspecified atom stereocenters. The fourth-order valence-electron chi connectivity index (χ4n) is 5.63. The van der Waals surface area contributed by atoms with Gasteiger partial charge in [0, 0.05) is 0 Å². The lowest BCUT2D eigenvalue weighted by atomic mass is 9.85. The van der Waals surface area contributed by atoms with E-state index in [2.05, 4.69) is 30.3 Å². The molecule has 6 nitrogen and oxygen atoms in total. The third-order valence-electron chi connectivity index (χ3n) is 7.77. The second kappa shape index (κ2) is 15.2. The van der Waals surface area contributed by atoms with Crippen LogP contribution in [0, 0.1) is 11.3 Å². The van der Waals surface area contributed by atoms with E-state index < -0.39 is 30.5 Å². The lowest BCUT2D eigenvalue weighted by Gasteiger charge is -2.46. The van der Waals surface area contributed by atoms with Crippen LogP contribution in [0.1, 0.15) is 22.3 Å². The van der Waals surface area contributed by atoms with E-state index in [1.165, 1.54) is 17.8 Å². The van der Waals surface area contributed by atoms with Gasteiger partial charge in [0.25, 0.3) is 0 Å². The maximum atomic E-state index is 9.49. The highest BCUT2D eigenvalue weighted by molar-refractivity contribution is 8.03. The van der Waals surface area contributed by atoms with Gasteiger partial charge in [-0.1, -0.05) is 133 Å². The molecule has 0 aromatic heterocycles. The summed E-state index contributed by atoms with van der Waals surface area (Å²) >= 11 is 1.51. The molecule has 44 heavy (non-hydrogen) atoms. The average molecular weight is 606 g/mol. The lowest BCUT2D eigenvalue weighted by Crippen LogP contribution is -2.64. The molecule has 0 radical (unpaired) electrons. The van der Waals surface area contributed by atoms with E-state index in [0.29, 0.717) is 31.5 Å². The van der Waals surface area contributed by atoms with Crippen LogP contribution < -0.4 is 0 Å². The van der Waals surface area contributed by atoms with Crippen LogP contribution in [0.25, 0.3) is 0 Å². The zero-order valence-corrected chi connectivity index (χ0v) is 25.1. The van der Waals surface area contributed by atoms with E-state index in [-0.39, 0.29) is 5.25 Å². The Morgan fingerprint density at radius 2 is 0.909 bits per heavy atom. The summed E-state index contributed by atoms with van der Waals surface area (Å²) in [6, 6.07) is 42.5. The molecule has 2 fully saturated rings. The molecule has 0 bridgehead atoms. The van der Waals surface area contributed by atoms with Crippen LogP contribution in [0.4, 0.5) is 0 Å². The van der Waals surface area contributed by atoms with Gasteiger partial charge in [0.15, 0.2) is 5.09 Å². The summed E-state index contributed by atoms with van der Waals surface area (Å²) in [5.41, 5.74) is 4.22. The lowest BCUT2D eigenvalue weighted by molar-refractivity contribution is -0.236. The molecule has 6 atom stereocenters. The van der Waals surface area contributed by atoms with Gasteiger partial charge >= 0.3 is 0 Å². The minimum absolute atomic E-state index is 0.184. The topological polar surface area (TPSA) is 69.9 Å². The predicted octanol–water partition coefficient (Wildman–Crippen LogP) is 7.21. The number of hydrogen-bond donors (Lipinski definition) is 0. The largest absolute Gasteiger partial charge is 0.479 e. The molecule has 0 amide bonds.